The number of anilines is 1. The van der Waals surface area contributed by atoms with Crippen molar-refractivity contribution in [3.63, 3.8) is 0 Å². The van der Waals surface area contributed by atoms with Crippen LogP contribution in [0.4, 0.5) is 5.69 Å². The number of aliphatic hydroxyl groups is 1. The number of benzene rings is 2. The Bertz CT molecular complexity index is 2650. The van der Waals surface area contributed by atoms with Gasteiger partial charge in [-0.15, -0.1) is 0 Å². The van der Waals surface area contributed by atoms with Gasteiger partial charge in [0.1, 0.15) is 47.4 Å². The van der Waals surface area contributed by atoms with Gasteiger partial charge in [0.05, 0.1) is 24.2 Å². The number of carboxylic acids is 1. The summed E-state index contributed by atoms with van der Waals surface area (Å²) < 4.78 is 13.5. The molecule has 9 unspecified atom stereocenters. The van der Waals surface area contributed by atoms with Crippen LogP contribution in [0.3, 0.4) is 0 Å². The number of nitrogens with one attached hydrogen (secondary N) is 9. The number of unbranched alkanes of at least 4 members (excludes halogenated alkanes) is 4. The molecule has 2 aromatic carbocycles. The first-order chi connectivity index (χ1) is 37.2. The van der Waals surface area contributed by atoms with E-state index in [-0.39, 0.29) is 91.1 Å². The van der Waals surface area contributed by atoms with Gasteiger partial charge >= 0.3 is 35.5 Å². The predicted octanol–water partition coefficient (Wildman–Crippen LogP) is -1.61. The molecule has 11 N–H and O–H groups in total. The maximum atomic E-state index is 14.4. The molecule has 6 bridgehead atoms. The van der Waals surface area contributed by atoms with Gasteiger partial charge in [0.25, 0.3) is 0 Å². The number of aliphatic hydroxyl groups excluding tert-OH is 1. The van der Waals surface area contributed by atoms with Crippen LogP contribution in [0.25, 0.3) is 0 Å². The Kier molecular flexibility index (Phi) is 22.9. The molecule has 8 amide bonds. The number of allylic oxidation sites excluding steroid dienone is 2. The van der Waals surface area contributed by atoms with Crippen LogP contribution >= 0.6 is 0 Å². The third-order valence-electron chi connectivity index (χ3n) is 14.8. The molecule has 6 rings (SSSR count). The second-order valence-electron chi connectivity index (χ2n) is 20.7. The molecule has 10 atom stereocenters. The third kappa shape index (κ3) is 15.2. The normalized spacial score (nSPS) is 26.1. The molecule has 4 heterocycles. The number of rotatable bonds is 18. The SMILES string of the molecule is CCCC/C=C/CCCCC(=O)NC(C)C(=O)NC1CC(C)Cc2cc(cc3c2OC2Nc4c5cccc4[C@@]32CC(NC(=O)CC)C(=O)NCC(=O)NCC(=O)NC(C(=O)O)C(C)(CC)O5)C(O)C(C(=O)NC[C-]=O)NC1=O.[Na+]. The number of carbonyl (C=O) groups is 9. The van der Waals surface area contributed by atoms with E-state index in [9.17, 15) is 58.2 Å². The summed E-state index contributed by atoms with van der Waals surface area (Å²) in [6, 6.07) is 0.901. The fraction of sp³-hybridized carbons (Fsp3) is 0.564. The second-order valence-corrected chi connectivity index (χ2v) is 20.7. The van der Waals surface area contributed by atoms with Crippen molar-refractivity contribution in [3.05, 3.63) is 64.7 Å². The number of hydrogen-bond acceptors (Lipinski definition) is 14. The number of hydrogen-bond donors (Lipinski definition) is 11. The van der Waals surface area contributed by atoms with E-state index in [0.29, 0.717) is 28.8 Å². The van der Waals surface area contributed by atoms with Gasteiger partial charge in [0.15, 0.2) is 12.3 Å². The Morgan fingerprint density at radius 3 is 2.29 bits per heavy atom. The molecule has 0 aliphatic carbocycles. The number of carboxylic acid groups (broad SMARTS) is 1. The van der Waals surface area contributed by atoms with Crippen LogP contribution < -0.4 is 86.9 Å². The minimum atomic E-state index is -1.86. The van der Waals surface area contributed by atoms with E-state index < -0.39 is 126 Å². The van der Waals surface area contributed by atoms with E-state index in [1.807, 2.05) is 6.92 Å². The molecule has 79 heavy (non-hydrogen) atoms. The van der Waals surface area contributed by atoms with Crippen molar-refractivity contribution in [2.45, 2.75) is 172 Å². The summed E-state index contributed by atoms with van der Waals surface area (Å²) in [5.74, 6) is -7.31. The zero-order chi connectivity index (χ0) is 56.9. The van der Waals surface area contributed by atoms with Crippen molar-refractivity contribution in [2.75, 3.05) is 25.0 Å². The number of para-hydroxylation sites is 1. The predicted molar refractivity (Wildman–Crippen MR) is 283 cm³/mol. The number of amides is 8. The zero-order valence-corrected chi connectivity index (χ0v) is 48.1. The molecule has 4 aliphatic rings. The van der Waals surface area contributed by atoms with Gasteiger partial charge in [-0.1, -0.05) is 71.4 Å². The van der Waals surface area contributed by atoms with Crippen LogP contribution in [-0.2, 0) is 59.8 Å². The van der Waals surface area contributed by atoms with Gasteiger partial charge in [-0.2, -0.15) is 0 Å². The number of carbonyl (C=O) groups excluding carboxylic acids is 9. The van der Waals surface area contributed by atoms with Gasteiger partial charge in [-0.3, -0.25) is 38.4 Å². The van der Waals surface area contributed by atoms with Crippen molar-refractivity contribution in [1.29, 1.82) is 0 Å². The fourth-order valence-electron chi connectivity index (χ4n) is 10.4. The fourth-order valence-corrected chi connectivity index (χ4v) is 10.4. The standard InChI is InChI=1S/C55H74N9O14.Na/c1-7-10-11-12-13-14-15-16-20-40(67)59-31(5)48(71)61-36-24-30(4)23-33-25-32(45(70)44(63-50(36)73)51(74)56-21-22-65)26-35-46(33)77-53-55(35)27-37(60-39(66)8-2)49(72)58-28-41(68)57-29-42(69)62-47(52(75)76)54(6,9-3)78-38-19-17-18-34(55)43(38)64-53;/h12-13,17-19,25-26,30-31,36-37,44-45,47,53,64,70H,7-11,14-16,20-21,23-24,27-29H2,1-6H3,(H,56,74)(H,57,68)(H,58,72)(H,59,67)(H,60,66)(H,61,71)(H,62,69)(H,63,73)(H,75,76);/q-1;+1/b13-12+;/t30?,31?,36?,37?,44?,45?,47?,53?,54?,55-;/m0./s1. The summed E-state index contributed by atoms with van der Waals surface area (Å²) in [7, 11) is 0. The first-order valence-electron chi connectivity index (χ1n) is 26.8. The monoisotopic (exact) mass is 1110 g/mol. The summed E-state index contributed by atoms with van der Waals surface area (Å²) in [5.41, 5.74) is -1.51. The Hall–Kier alpha value is -6.56. The first-order valence-corrected chi connectivity index (χ1v) is 26.8. The Labute approximate surface area is 481 Å². The molecule has 424 valence electrons. The molecular formula is C55H74N9NaO14. The van der Waals surface area contributed by atoms with Crippen LogP contribution in [-0.4, -0.2) is 131 Å². The molecule has 23 nitrogen and oxygen atoms in total. The largest absolute Gasteiger partial charge is 1.00 e. The van der Waals surface area contributed by atoms with E-state index in [4.69, 9.17) is 9.47 Å². The molecular weight excluding hydrogens is 1030 g/mol. The molecule has 24 heteroatoms. The van der Waals surface area contributed by atoms with Gasteiger partial charge in [-0.05, 0) is 106 Å². The average Bonchev–Trinajstić information content (AvgIpc) is 4.14. The molecule has 1 spiro atoms. The minimum absolute atomic E-state index is 0. The maximum Gasteiger partial charge on any atom is 1.00 e. The summed E-state index contributed by atoms with van der Waals surface area (Å²) >= 11 is 0. The minimum Gasteiger partial charge on any atom is -0.540 e. The second kappa shape index (κ2) is 28.5. The summed E-state index contributed by atoms with van der Waals surface area (Å²) in [6.45, 7) is 8.31. The van der Waals surface area contributed by atoms with E-state index in [1.165, 1.54) is 13.8 Å². The molecule has 0 saturated carbocycles. The Morgan fingerprint density at radius 1 is 0.886 bits per heavy atom. The Balaban J connectivity index is 0.0000115. The maximum absolute atomic E-state index is 14.4. The quantitative estimate of drug-likeness (QED) is 0.0346. The molecule has 0 aromatic heterocycles. The van der Waals surface area contributed by atoms with Crippen molar-refractivity contribution in [2.24, 2.45) is 5.92 Å². The Morgan fingerprint density at radius 2 is 1.61 bits per heavy atom. The van der Waals surface area contributed by atoms with Crippen LogP contribution in [0.15, 0.2) is 42.5 Å². The molecule has 0 saturated heterocycles. The smallest absolute Gasteiger partial charge is 0.540 e. The van der Waals surface area contributed by atoms with Gasteiger partial charge in [0, 0.05) is 18.4 Å². The van der Waals surface area contributed by atoms with E-state index in [0.717, 1.165) is 32.1 Å². The number of ether oxygens (including phenoxy) is 2. The summed E-state index contributed by atoms with van der Waals surface area (Å²) in [5, 5.41) is 46.9. The first kappa shape index (κ1) is 63.3. The molecule has 2 aromatic rings. The zero-order valence-electron chi connectivity index (χ0n) is 46.1. The van der Waals surface area contributed by atoms with Crippen molar-refractivity contribution < 1.29 is 97.2 Å². The van der Waals surface area contributed by atoms with E-state index in [1.54, 1.807) is 50.5 Å². The van der Waals surface area contributed by atoms with E-state index in [2.05, 4.69) is 66.9 Å². The van der Waals surface area contributed by atoms with Crippen LogP contribution in [0.5, 0.6) is 11.5 Å². The van der Waals surface area contributed by atoms with Crippen molar-refractivity contribution in [3.8, 4) is 11.5 Å². The van der Waals surface area contributed by atoms with Crippen LogP contribution in [0.2, 0.25) is 0 Å². The van der Waals surface area contributed by atoms with Crippen LogP contribution in [0, 0.1) is 5.92 Å². The van der Waals surface area contributed by atoms with Gasteiger partial charge in [0.2, 0.25) is 47.3 Å². The molecule has 4 aliphatic heterocycles. The van der Waals surface area contributed by atoms with Gasteiger partial charge in [-0.25, -0.2) is 11.1 Å². The summed E-state index contributed by atoms with van der Waals surface area (Å²) in [6.07, 6.45) is 8.27. The third-order valence-corrected chi connectivity index (χ3v) is 14.8. The number of fused-ring (bicyclic) bond motifs is 4. The topological polar surface area (TPSA) is 338 Å². The van der Waals surface area contributed by atoms with Crippen LogP contribution in [0.1, 0.15) is 141 Å². The summed E-state index contributed by atoms with van der Waals surface area (Å²) in [4.78, 5) is 133. The molecule has 0 radical (unpaired) electrons. The van der Waals surface area contributed by atoms with Crippen molar-refractivity contribution in [1.82, 2.24) is 42.5 Å². The number of aliphatic carboxylic acids is 1. The van der Waals surface area contributed by atoms with Crippen molar-refractivity contribution >= 4 is 65.2 Å². The van der Waals surface area contributed by atoms with E-state index >= 15 is 0 Å². The average molecular weight is 1110 g/mol. The molecule has 0 fully saturated rings. The van der Waals surface area contributed by atoms with Gasteiger partial charge < -0.3 is 72.3 Å².